The zero-order chi connectivity index (χ0) is 26.9. The number of ketones is 1. The van der Waals surface area contributed by atoms with Crippen LogP contribution in [0.3, 0.4) is 0 Å². The van der Waals surface area contributed by atoms with Gasteiger partial charge >= 0.3 is 0 Å². The van der Waals surface area contributed by atoms with Crippen LogP contribution in [0.1, 0.15) is 51.1 Å². The van der Waals surface area contributed by atoms with Crippen LogP contribution in [0, 0.1) is 11.6 Å². The minimum Gasteiger partial charge on any atom is -0.382 e. The number of halogens is 3. The molecule has 14 heteroatoms. The lowest BCUT2D eigenvalue weighted by Crippen LogP contribution is -2.42. The van der Waals surface area contributed by atoms with Crippen LogP contribution in [-0.2, 0) is 9.84 Å². The quantitative estimate of drug-likeness (QED) is 0.361. The largest absolute Gasteiger partial charge is 0.382 e. The average molecular weight is 589 g/mol. The van der Waals surface area contributed by atoms with Gasteiger partial charge in [0, 0.05) is 24.5 Å². The van der Waals surface area contributed by atoms with E-state index in [4.69, 9.17) is 17.3 Å². The van der Waals surface area contributed by atoms with Crippen molar-refractivity contribution in [3.63, 3.8) is 0 Å². The number of carbonyl (C=O) groups is 2. The molecule has 1 aromatic carbocycles. The maximum absolute atomic E-state index is 14.0. The number of nitrogen functional groups attached to an aromatic ring is 1. The van der Waals surface area contributed by atoms with Crippen LogP contribution in [0.5, 0.6) is 0 Å². The van der Waals surface area contributed by atoms with Crippen molar-refractivity contribution in [2.45, 2.75) is 37.1 Å². The lowest BCUT2D eigenvalue weighted by Gasteiger charge is -2.32. The molecule has 4 rings (SSSR count). The van der Waals surface area contributed by atoms with Crippen LogP contribution in [0.4, 0.5) is 19.7 Å². The number of likely N-dealkylation sites (tertiary alicyclic amines) is 1. The molecule has 1 amide bonds. The van der Waals surface area contributed by atoms with Gasteiger partial charge in [0.25, 0.3) is 5.91 Å². The second-order valence-electron chi connectivity index (χ2n) is 8.43. The molecule has 1 aliphatic heterocycles. The molecule has 2 aromatic heterocycles. The second kappa shape index (κ2) is 11.0. The summed E-state index contributed by atoms with van der Waals surface area (Å²) in [7, 11) is -3.54. The molecule has 1 saturated heterocycles. The van der Waals surface area contributed by atoms with E-state index in [0.717, 1.165) is 34.8 Å². The molecule has 3 aromatic rings. The van der Waals surface area contributed by atoms with Crippen molar-refractivity contribution in [2.24, 2.45) is 0 Å². The van der Waals surface area contributed by atoms with Gasteiger partial charge in [-0.25, -0.2) is 22.2 Å². The number of benzene rings is 1. The lowest BCUT2D eigenvalue weighted by molar-refractivity contribution is 0.0723. The van der Waals surface area contributed by atoms with E-state index in [2.05, 4.69) is 10.3 Å². The molecule has 0 aliphatic carbocycles. The first-order chi connectivity index (χ1) is 17.5. The van der Waals surface area contributed by atoms with Crippen LogP contribution in [0.25, 0.3) is 0 Å². The predicted octanol–water partition coefficient (Wildman–Crippen LogP) is 4.85. The SMILES string of the molecule is CCCS(=O)(=O)c1csc(C(=O)N2CCC(Nc3nc(N)c(C(=O)c4c(F)cccc4F)s3)CC2)c1Cl. The summed E-state index contributed by atoms with van der Waals surface area (Å²) in [6, 6.07) is 3.06. The third-order valence-electron chi connectivity index (χ3n) is 5.86. The van der Waals surface area contributed by atoms with Gasteiger partial charge in [0.2, 0.25) is 5.78 Å². The molecule has 0 atom stereocenters. The van der Waals surface area contributed by atoms with Gasteiger partial charge in [-0.05, 0) is 31.4 Å². The van der Waals surface area contributed by atoms with E-state index in [-0.39, 0.29) is 43.2 Å². The van der Waals surface area contributed by atoms with Crippen molar-refractivity contribution in [2.75, 3.05) is 29.9 Å². The van der Waals surface area contributed by atoms with Crippen molar-refractivity contribution < 1.29 is 26.8 Å². The third-order valence-corrected chi connectivity index (χ3v) is 10.5. The van der Waals surface area contributed by atoms with Crippen molar-refractivity contribution in [3.8, 4) is 0 Å². The number of carbonyl (C=O) groups excluding carboxylic acids is 2. The maximum Gasteiger partial charge on any atom is 0.265 e. The molecule has 3 heterocycles. The Balaban J connectivity index is 1.40. The zero-order valence-corrected chi connectivity index (χ0v) is 22.8. The van der Waals surface area contributed by atoms with E-state index in [9.17, 15) is 26.8 Å². The first-order valence-corrected chi connectivity index (χ1v) is 15.1. The molecular weight excluding hydrogens is 566 g/mol. The fourth-order valence-electron chi connectivity index (χ4n) is 3.99. The number of nitrogens with one attached hydrogen (secondary N) is 1. The number of nitrogens with zero attached hydrogens (tertiary/aromatic N) is 2. The number of aromatic nitrogens is 1. The zero-order valence-electron chi connectivity index (χ0n) is 19.6. The highest BCUT2D eigenvalue weighted by Gasteiger charge is 2.30. The van der Waals surface area contributed by atoms with Crippen LogP contribution in [0.2, 0.25) is 5.02 Å². The number of rotatable bonds is 8. The summed E-state index contributed by atoms with van der Waals surface area (Å²) in [4.78, 5) is 31.5. The summed E-state index contributed by atoms with van der Waals surface area (Å²) < 4.78 is 52.8. The van der Waals surface area contributed by atoms with Gasteiger partial charge in [0.1, 0.15) is 27.2 Å². The smallest absolute Gasteiger partial charge is 0.265 e. The summed E-state index contributed by atoms with van der Waals surface area (Å²) >= 11 is 8.20. The normalized spacial score (nSPS) is 14.6. The highest BCUT2D eigenvalue weighted by Crippen LogP contribution is 2.34. The lowest BCUT2D eigenvalue weighted by atomic mass is 10.1. The number of amides is 1. The Hall–Kier alpha value is -2.61. The Morgan fingerprint density at radius 3 is 2.49 bits per heavy atom. The second-order valence-corrected chi connectivity index (χ2v) is 12.8. The molecule has 198 valence electrons. The summed E-state index contributed by atoms with van der Waals surface area (Å²) in [6.45, 7) is 2.52. The molecule has 0 bridgehead atoms. The number of anilines is 2. The highest BCUT2D eigenvalue weighted by molar-refractivity contribution is 7.91. The molecule has 1 aliphatic rings. The third kappa shape index (κ3) is 5.64. The van der Waals surface area contributed by atoms with Gasteiger partial charge in [-0.2, -0.15) is 0 Å². The number of thiophene rings is 1. The predicted molar refractivity (Wildman–Crippen MR) is 141 cm³/mol. The van der Waals surface area contributed by atoms with E-state index < -0.39 is 32.8 Å². The van der Waals surface area contributed by atoms with Gasteiger partial charge in [-0.3, -0.25) is 9.59 Å². The molecule has 0 saturated carbocycles. The first-order valence-electron chi connectivity index (χ1n) is 11.3. The number of thiazole rings is 1. The van der Waals surface area contributed by atoms with E-state index >= 15 is 0 Å². The van der Waals surface area contributed by atoms with Crippen LogP contribution in [0.15, 0.2) is 28.5 Å². The van der Waals surface area contributed by atoms with Crippen LogP contribution in [-0.4, -0.2) is 54.9 Å². The average Bonchev–Trinajstić information content (AvgIpc) is 3.41. The standard InChI is InChI=1S/C23H23ClF2N4O4S3/c1-2-10-37(33,34)15-11-35-19(17(15)24)22(32)30-8-6-12(7-9-30)28-23-29-21(27)20(36-23)18(31)16-13(25)4-3-5-14(16)26/h3-5,11-12H,2,6-10,27H2,1H3,(H,28,29). The van der Waals surface area contributed by atoms with E-state index in [1.54, 1.807) is 11.8 Å². The van der Waals surface area contributed by atoms with Gasteiger partial charge in [0.05, 0.1) is 21.2 Å². The number of nitrogens with two attached hydrogens (primary N) is 1. The summed E-state index contributed by atoms with van der Waals surface area (Å²) in [5, 5.41) is 4.88. The molecule has 37 heavy (non-hydrogen) atoms. The first kappa shape index (κ1) is 27.4. The molecule has 1 fully saturated rings. The monoisotopic (exact) mass is 588 g/mol. The Labute approximate surface area is 225 Å². The molecule has 0 unspecified atom stereocenters. The highest BCUT2D eigenvalue weighted by atomic mass is 35.5. The number of piperidine rings is 1. The minimum absolute atomic E-state index is 0.0112. The molecule has 0 radical (unpaired) electrons. The van der Waals surface area contributed by atoms with Gasteiger partial charge < -0.3 is 16.0 Å². The van der Waals surface area contributed by atoms with E-state index in [1.165, 1.54) is 11.4 Å². The number of hydrogen-bond donors (Lipinski definition) is 2. The number of sulfone groups is 1. The molecular formula is C23H23ClF2N4O4S3. The molecule has 8 nitrogen and oxygen atoms in total. The van der Waals surface area contributed by atoms with Crippen molar-refractivity contribution in [1.29, 1.82) is 0 Å². The minimum atomic E-state index is -3.54. The Morgan fingerprint density at radius 1 is 1.22 bits per heavy atom. The van der Waals surface area contributed by atoms with Gasteiger partial charge in [-0.15, -0.1) is 11.3 Å². The number of hydrogen-bond acceptors (Lipinski definition) is 9. The van der Waals surface area contributed by atoms with Crippen molar-refractivity contribution in [1.82, 2.24) is 9.88 Å². The Bertz CT molecular complexity index is 1430. The Morgan fingerprint density at radius 2 is 1.86 bits per heavy atom. The van der Waals surface area contributed by atoms with E-state index in [1.807, 2.05) is 0 Å². The van der Waals surface area contributed by atoms with Crippen LogP contribution >= 0.6 is 34.3 Å². The fraction of sp³-hybridized carbons (Fsp3) is 0.348. The summed E-state index contributed by atoms with van der Waals surface area (Å²) in [5.41, 5.74) is 5.18. The maximum atomic E-state index is 14.0. The van der Waals surface area contributed by atoms with Gasteiger partial charge in [0.15, 0.2) is 15.0 Å². The topological polar surface area (TPSA) is 122 Å². The van der Waals surface area contributed by atoms with E-state index in [0.29, 0.717) is 37.5 Å². The fourth-order valence-corrected chi connectivity index (χ4v) is 8.30. The summed E-state index contributed by atoms with van der Waals surface area (Å²) in [5.74, 6) is -3.35. The van der Waals surface area contributed by atoms with Crippen molar-refractivity contribution >= 4 is 66.8 Å². The van der Waals surface area contributed by atoms with Crippen molar-refractivity contribution in [3.05, 3.63) is 55.6 Å². The molecule has 0 spiro atoms. The summed E-state index contributed by atoms with van der Waals surface area (Å²) in [6.07, 6.45) is 1.53. The van der Waals surface area contributed by atoms with Crippen LogP contribution < -0.4 is 11.1 Å². The van der Waals surface area contributed by atoms with Gasteiger partial charge in [-0.1, -0.05) is 35.9 Å². The molecule has 3 N–H and O–H groups in total. The Kier molecular flexibility index (Phi) is 8.17.